The molecular weight excluding hydrogens is 160 g/mol. The highest BCUT2D eigenvalue weighted by Gasteiger charge is 2.03. The van der Waals surface area contributed by atoms with Crippen LogP contribution in [0.15, 0.2) is 23.4 Å². The molecule has 0 saturated heterocycles. The van der Waals surface area contributed by atoms with Crippen molar-refractivity contribution >= 4 is 0 Å². The maximum Gasteiger partial charge on any atom is 0.253 e. The van der Waals surface area contributed by atoms with Gasteiger partial charge in [-0.25, -0.2) is 4.98 Å². The van der Waals surface area contributed by atoms with Crippen LogP contribution >= 0.6 is 0 Å². The Hall–Kier alpha value is -1.20. The lowest BCUT2D eigenvalue weighted by Crippen LogP contribution is -2.27. The van der Waals surface area contributed by atoms with Gasteiger partial charge >= 0.3 is 0 Å². The summed E-state index contributed by atoms with van der Waals surface area (Å²) in [6.07, 6.45) is 1.79. The molecule has 1 atom stereocenters. The van der Waals surface area contributed by atoms with Crippen molar-refractivity contribution in [3.63, 3.8) is 0 Å². The molecule has 1 heterocycles. The van der Waals surface area contributed by atoms with Crippen molar-refractivity contribution in [1.29, 1.82) is 0 Å². The van der Waals surface area contributed by atoms with Gasteiger partial charge in [-0.1, -0.05) is 0 Å². The van der Waals surface area contributed by atoms with Gasteiger partial charge in [-0.05, 0) is 0 Å². The second-order valence-corrected chi connectivity index (χ2v) is 2.41. The minimum Gasteiger partial charge on any atom is -0.394 e. The Balaban J connectivity index is 2.76. The summed E-state index contributed by atoms with van der Waals surface area (Å²) >= 11 is 0. The first kappa shape index (κ1) is 8.89. The zero-order valence-corrected chi connectivity index (χ0v) is 6.42. The quantitative estimate of drug-likeness (QED) is 0.584. The van der Waals surface area contributed by atoms with Gasteiger partial charge in [-0.3, -0.25) is 9.36 Å². The van der Waals surface area contributed by atoms with E-state index in [0.717, 1.165) is 0 Å². The van der Waals surface area contributed by atoms with Crippen LogP contribution in [0.1, 0.15) is 0 Å². The molecule has 0 amide bonds. The zero-order valence-electron chi connectivity index (χ0n) is 6.42. The Kier molecular flexibility index (Phi) is 2.95. The zero-order chi connectivity index (χ0) is 8.97. The van der Waals surface area contributed by atoms with Crippen LogP contribution in [-0.2, 0) is 6.54 Å². The standard InChI is InChI=1S/C7H10N2O3/c10-4-6(11)3-9-5-8-2-1-7(9)12/h1-2,5-6,10-11H,3-4H2. The van der Waals surface area contributed by atoms with Crippen LogP contribution in [-0.4, -0.2) is 32.5 Å². The van der Waals surface area contributed by atoms with Crippen LogP contribution in [0.5, 0.6) is 0 Å². The maximum atomic E-state index is 11.0. The number of aliphatic hydroxyl groups excluding tert-OH is 2. The number of aliphatic hydroxyl groups is 2. The van der Waals surface area contributed by atoms with E-state index < -0.39 is 6.10 Å². The van der Waals surface area contributed by atoms with E-state index in [1.54, 1.807) is 0 Å². The topological polar surface area (TPSA) is 75.4 Å². The second-order valence-electron chi connectivity index (χ2n) is 2.41. The molecule has 12 heavy (non-hydrogen) atoms. The van der Waals surface area contributed by atoms with E-state index in [1.807, 2.05) is 0 Å². The van der Waals surface area contributed by atoms with Gasteiger partial charge in [0.1, 0.15) is 0 Å². The molecule has 0 fully saturated rings. The van der Waals surface area contributed by atoms with Crippen LogP contribution < -0.4 is 5.56 Å². The van der Waals surface area contributed by atoms with Crippen LogP contribution in [0.4, 0.5) is 0 Å². The Labute approximate surface area is 68.9 Å². The van der Waals surface area contributed by atoms with Gasteiger partial charge in [0.25, 0.3) is 5.56 Å². The van der Waals surface area contributed by atoms with Crippen LogP contribution in [0, 0.1) is 0 Å². The molecule has 66 valence electrons. The normalized spacial score (nSPS) is 12.8. The fourth-order valence-corrected chi connectivity index (χ4v) is 0.800. The first-order valence-electron chi connectivity index (χ1n) is 3.53. The summed E-state index contributed by atoms with van der Waals surface area (Å²) in [6.45, 7) is -0.287. The van der Waals surface area contributed by atoms with Gasteiger partial charge in [0.05, 0.1) is 25.6 Å². The third-order valence-electron chi connectivity index (χ3n) is 1.41. The van der Waals surface area contributed by atoms with Crippen molar-refractivity contribution in [3.8, 4) is 0 Å². The molecule has 5 heteroatoms. The highest BCUT2D eigenvalue weighted by atomic mass is 16.3. The molecule has 0 aromatic carbocycles. The molecule has 1 unspecified atom stereocenters. The molecule has 1 aromatic rings. The fraction of sp³-hybridized carbons (Fsp3) is 0.429. The SMILES string of the molecule is O=c1ccncn1CC(O)CO. The minimum atomic E-state index is -0.910. The summed E-state index contributed by atoms with van der Waals surface area (Å²) in [5, 5.41) is 17.5. The predicted molar refractivity (Wildman–Crippen MR) is 41.6 cm³/mol. The van der Waals surface area contributed by atoms with E-state index in [1.165, 1.54) is 23.2 Å². The lowest BCUT2D eigenvalue weighted by atomic mass is 10.4. The number of hydrogen-bond acceptors (Lipinski definition) is 4. The Morgan fingerprint density at radius 1 is 1.67 bits per heavy atom. The Morgan fingerprint density at radius 2 is 2.42 bits per heavy atom. The highest BCUT2D eigenvalue weighted by Crippen LogP contribution is 1.85. The Morgan fingerprint density at radius 3 is 3.00 bits per heavy atom. The minimum absolute atomic E-state index is 0.0726. The van der Waals surface area contributed by atoms with Gasteiger partial charge in [-0.2, -0.15) is 0 Å². The summed E-state index contributed by atoms with van der Waals surface area (Å²) < 4.78 is 1.24. The van der Waals surface area contributed by atoms with Gasteiger partial charge in [0.15, 0.2) is 0 Å². The highest BCUT2D eigenvalue weighted by molar-refractivity contribution is 4.82. The van der Waals surface area contributed by atoms with Crippen molar-refractivity contribution < 1.29 is 10.2 Å². The second kappa shape index (κ2) is 3.99. The first-order valence-corrected chi connectivity index (χ1v) is 3.53. The van der Waals surface area contributed by atoms with E-state index in [2.05, 4.69) is 4.98 Å². The van der Waals surface area contributed by atoms with E-state index in [-0.39, 0.29) is 18.7 Å². The molecule has 1 rings (SSSR count). The van der Waals surface area contributed by atoms with Gasteiger partial charge < -0.3 is 10.2 Å². The van der Waals surface area contributed by atoms with E-state index >= 15 is 0 Å². The van der Waals surface area contributed by atoms with E-state index in [0.29, 0.717) is 0 Å². The van der Waals surface area contributed by atoms with Gasteiger partial charge in [-0.15, -0.1) is 0 Å². The van der Waals surface area contributed by atoms with Crippen LogP contribution in [0.3, 0.4) is 0 Å². The number of hydrogen-bond donors (Lipinski definition) is 2. The molecule has 0 spiro atoms. The molecule has 0 bridgehead atoms. The number of aromatic nitrogens is 2. The van der Waals surface area contributed by atoms with Crippen molar-refractivity contribution in [1.82, 2.24) is 9.55 Å². The van der Waals surface area contributed by atoms with Gasteiger partial charge in [0, 0.05) is 12.3 Å². The third kappa shape index (κ3) is 2.14. The van der Waals surface area contributed by atoms with Crippen molar-refractivity contribution in [2.45, 2.75) is 12.6 Å². The molecule has 2 N–H and O–H groups in total. The van der Waals surface area contributed by atoms with Crippen molar-refractivity contribution in [2.75, 3.05) is 6.61 Å². The molecule has 1 aromatic heterocycles. The lowest BCUT2D eigenvalue weighted by Gasteiger charge is -2.07. The largest absolute Gasteiger partial charge is 0.394 e. The monoisotopic (exact) mass is 170 g/mol. The average Bonchev–Trinajstić information content (AvgIpc) is 2.09. The van der Waals surface area contributed by atoms with Crippen molar-refractivity contribution in [2.24, 2.45) is 0 Å². The van der Waals surface area contributed by atoms with E-state index in [4.69, 9.17) is 10.2 Å². The maximum absolute atomic E-state index is 11.0. The van der Waals surface area contributed by atoms with Crippen molar-refractivity contribution in [3.05, 3.63) is 28.9 Å². The summed E-state index contributed by atoms with van der Waals surface area (Å²) in [4.78, 5) is 14.7. The average molecular weight is 170 g/mol. The number of rotatable bonds is 3. The Bertz CT molecular complexity index is 297. The first-order chi connectivity index (χ1) is 5.74. The fourth-order valence-electron chi connectivity index (χ4n) is 0.800. The lowest BCUT2D eigenvalue weighted by molar-refractivity contribution is 0.0801. The van der Waals surface area contributed by atoms with E-state index in [9.17, 15) is 4.79 Å². The molecule has 0 radical (unpaired) electrons. The molecule has 0 aliphatic heterocycles. The van der Waals surface area contributed by atoms with Gasteiger partial charge in [0.2, 0.25) is 0 Å². The predicted octanol–water partition coefficient (Wildman–Crippen LogP) is -1.40. The van der Waals surface area contributed by atoms with Crippen LogP contribution in [0.25, 0.3) is 0 Å². The molecule has 0 aliphatic carbocycles. The summed E-state index contributed by atoms with van der Waals surface area (Å²) in [7, 11) is 0. The number of nitrogens with zero attached hydrogens (tertiary/aromatic N) is 2. The summed E-state index contributed by atoms with van der Waals surface area (Å²) in [5.74, 6) is 0. The molecule has 5 nitrogen and oxygen atoms in total. The third-order valence-corrected chi connectivity index (χ3v) is 1.41. The van der Waals surface area contributed by atoms with Crippen LogP contribution in [0.2, 0.25) is 0 Å². The molecule has 0 aliphatic rings. The summed E-state index contributed by atoms with van der Waals surface area (Å²) in [6, 6.07) is 1.30. The molecule has 0 saturated carbocycles. The molecular formula is C7H10N2O3. The smallest absolute Gasteiger partial charge is 0.253 e. The summed E-state index contributed by atoms with van der Waals surface area (Å²) in [5.41, 5.74) is -0.238.